The van der Waals surface area contributed by atoms with Crippen molar-refractivity contribution in [1.29, 1.82) is 0 Å². The van der Waals surface area contributed by atoms with E-state index >= 15 is 0 Å². The van der Waals surface area contributed by atoms with Gasteiger partial charge >= 0.3 is 0 Å². The van der Waals surface area contributed by atoms with Gasteiger partial charge in [0, 0.05) is 6.42 Å². The van der Waals surface area contributed by atoms with Gasteiger partial charge in [0.25, 0.3) is 0 Å². The molecule has 338 valence electrons. The lowest BCUT2D eigenvalue weighted by molar-refractivity contribution is -0.359. The van der Waals surface area contributed by atoms with Crippen LogP contribution in [-0.2, 0) is 23.7 Å². The highest BCUT2D eigenvalue weighted by molar-refractivity contribution is 5.76. The minimum absolute atomic E-state index is 0.249. The molecule has 2 saturated heterocycles. The summed E-state index contributed by atoms with van der Waals surface area (Å²) in [4.78, 5) is 12.5. The van der Waals surface area contributed by atoms with Crippen LogP contribution in [0.3, 0.4) is 0 Å². The molecule has 2 aliphatic heterocycles. The Morgan fingerprint density at radius 2 is 1.00 bits per heavy atom. The molecule has 57 heavy (non-hydrogen) atoms. The number of rotatable bonds is 34. The van der Waals surface area contributed by atoms with Gasteiger partial charge in [0.15, 0.2) is 12.6 Å². The van der Waals surface area contributed by atoms with E-state index in [-0.39, 0.29) is 18.9 Å². The topological polar surface area (TPSA) is 228 Å². The molecular formula is C43H83NO13. The molecular weight excluding hydrogens is 738 g/mol. The molecule has 14 heteroatoms. The van der Waals surface area contributed by atoms with Crippen LogP contribution in [-0.4, -0.2) is 140 Å². The molecule has 14 nitrogen and oxygen atoms in total. The van der Waals surface area contributed by atoms with Crippen LogP contribution in [0.4, 0.5) is 0 Å². The van der Waals surface area contributed by atoms with Crippen LogP contribution >= 0.6 is 0 Å². The van der Waals surface area contributed by atoms with E-state index < -0.39 is 86.8 Å². The van der Waals surface area contributed by atoms with Gasteiger partial charge in [0.1, 0.15) is 48.8 Å². The molecule has 2 rings (SSSR count). The summed E-state index contributed by atoms with van der Waals surface area (Å²) in [5.74, 6) is -0.259. The number of hydrogen-bond acceptors (Lipinski definition) is 13. The predicted octanol–water partition coefficient (Wildman–Crippen LogP) is 4.27. The number of aliphatic hydroxyl groups is 8. The van der Waals surface area contributed by atoms with E-state index in [1.54, 1.807) is 0 Å². The number of unbranched alkanes of at least 4 members (excludes halogenated alkanes) is 21. The molecule has 9 N–H and O–H groups in total. The highest BCUT2D eigenvalue weighted by Crippen LogP contribution is 2.30. The molecule has 0 saturated carbocycles. The van der Waals surface area contributed by atoms with E-state index in [1.807, 2.05) is 6.92 Å². The van der Waals surface area contributed by atoms with Crippen LogP contribution in [0.5, 0.6) is 0 Å². The zero-order valence-electron chi connectivity index (χ0n) is 35.3. The van der Waals surface area contributed by atoms with Crippen molar-refractivity contribution in [3.63, 3.8) is 0 Å². The first-order valence-electron chi connectivity index (χ1n) is 22.8. The predicted molar refractivity (Wildman–Crippen MR) is 217 cm³/mol. The van der Waals surface area contributed by atoms with Crippen LogP contribution in [0.25, 0.3) is 0 Å². The highest BCUT2D eigenvalue weighted by Gasteiger charge is 2.51. The number of amides is 1. The third-order valence-corrected chi connectivity index (χ3v) is 11.5. The van der Waals surface area contributed by atoms with Crippen LogP contribution in [0, 0.1) is 0 Å². The third kappa shape index (κ3) is 20.4. The maximum absolute atomic E-state index is 12.5. The van der Waals surface area contributed by atoms with Crippen molar-refractivity contribution in [2.75, 3.05) is 19.8 Å². The molecule has 2 aliphatic rings. The van der Waals surface area contributed by atoms with Gasteiger partial charge in [-0.05, 0) is 12.8 Å². The SMILES string of the molecule is CCCCCCCCCCCCCCCCCCCCCCCCC(O)C(COC1OC(CO)C(OC2OC(CO)C(O)C(O)C2O)C(O)C1O)NC(=O)CCC. The Bertz CT molecular complexity index is 977. The zero-order valence-corrected chi connectivity index (χ0v) is 35.3. The second-order valence-electron chi connectivity index (χ2n) is 16.5. The fourth-order valence-corrected chi connectivity index (χ4v) is 7.81. The smallest absolute Gasteiger partial charge is 0.220 e. The summed E-state index contributed by atoms with van der Waals surface area (Å²) in [6, 6.07) is -0.817. The third-order valence-electron chi connectivity index (χ3n) is 11.5. The first-order valence-corrected chi connectivity index (χ1v) is 22.8. The molecule has 0 aromatic rings. The maximum atomic E-state index is 12.5. The Morgan fingerprint density at radius 1 is 0.561 bits per heavy atom. The van der Waals surface area contributed by atoms with E-state index in [2.05, 4.69) is 12.2 Å². The van der Waals surface area contributed by atoms with Crippen LogP contribution in [0.15, 0.2) is 0 Å². The van der Waals surface area contributed by atoms with E-state index in [4.69, 9.17) is 18.9 Å². The fourth-order valence-electron chi connectivity index (χ4n) is 7.81. The van der Waals surface area contributed by atoms with E-state index in [9.17, 15) is 45.6 Å². The Kier molecular flexibility index (Phi) is 29.1. The molecule has 0 aromatic carbocycles. The van der Waals surface area contributed by atoms with Crippen LogP contribution in [0.1, 0.15) is 174 Å². The standard InChI is InChI=1S/C43H83NO13/c1-3-5-6-7-8-9-10-11-12-13-14-15-16-17-18-19-20-21-22-23-24-25-27-32(47)31(44-35(48)26-4-2)30-54-42-40(53)38(51)41(34(29-46)56-42)57-43-39(52)37(50)36(49)33(28-45)55-43/h31-34,36-43,45-47,49-53H,3-30H2,1-2H3,(H,44,48). The molecule has 0 spiro atoms. The molecule has 0 radical (unpaired) electrons. The minimum atomic E-state index is -1.78. The normalized spacial score (nSPS) is 29.0. The largest absolute Gasteiger partial charge is 0.394 e. The van der Waals surface area contributed by atoms with Gasteiger partial charge in [-0.2, -0.15) is 0 Å². The Morgan fingerprint density at radius 3 is 1.46 bits per heavy atom. The van der Waals surface area contributed by atoms with E-state index in [0.717, 1.165) is 25.7 Å². The lowest BCUT2D eigenvalue weighted by Crippen LogP contribution is -2.65. The van der Waals surface area contributed by atoms with Crippen molar-refractivity contribution in [3.8, 4) is 0 Å². The number of ether oxygens (including phenoxy) is 4. The van der Waals surface area contributed by atoms with Crippen molar-refractivity contribution >= 4 is 5.91 Å². The van der Waals surface area contributed by atoms with Gasteiger partial charge in [-0.15, -0.1) is 0 Å². The monoisotopic (exact) mass is 822 g/mol. The van der Waals surface area contributed by atoms with Crippen molar-refractivity contribution in [2.45, 2.75) is 248 Å². The average molecular weight is 822 g/mol. The van der Waals surface area contributed by atoms with E-state index in [1.165, 1.54) is 116 Å². The fraction of sp³-hybridized carbons (Fsp3) is 0.977. The lowest BCUT2D eigenvalue weighted by Gasteiger charge is -2.46. The van der Waals surface area contributed by atoms with Gasteiger partial charge < -0.3 is 65.1 Å². The molecule has 0 bridgehead atoms. The van der Waals surface area contributed by atoms with Gasteiger partial charge in [-0.3, -0.25) is 4.79 Å². The summed E-state index contributed by atoms with van der Waals surface area (Å²) >= 11 is 0. The number of carbonyl (C=O) groups excluding carboxylic acids is 1. The van der Waals surface area contributed by atoms with Gasteiger partial charge in [-0.1, -0.05) is 155 Å². The van der Waals surface area contributed by atoms with Crippen molar-refractivity contribution in [2.24, 2.45) is 0 Å². The molecule has 12 unspecified atom stereocenters. The first-order chi connectivity index (χ1) is 27.6. The molecule has 2 fully saturated rings. The van der Waals surface area contributed by atoms with Crippen molar-refractivity contribution in [1.82, 2.24) is 5.32 Å². The summed E-state index contributed by atoms with van der Waals surface area (Å²) < 4.78 is 22.4. The second-order valence-corrected chi connectivity index (χ2v) is 16.5. The quantitative estimate of drug-likeness (QED) is 0.0414. The summed E-state index contributed by atoms with van der Waals surface area (Å²) in [5.41, 5.74) is 0. The Hall–Kier alpha value is -1.01. The number of carbonyl (C=O) groups is 1. The highest BCUT2D eigenvalue weighted by atomic mass is 16.7. The Balaban J connectivity index is 1.64. The number of nitrogens with one attached hydrogen (secondary N) is 1. The zero-order chi connectivity index (χ0) is 41.8. The van der Waals surface area contributed by atoms with Crippen molar-refractivity contribution < 1.29 is 64.6 Å². The molecule has 12 atom stereocenters. The number of hydrogen-bond donors (Lipinski definition) is 9. The molecule has 0 aliphatic carbocycles. The van der Waals surface area contributed by atoms with Gasteiger partial charge in [0.2, 0.25) is 5.91 Å². The summed E-state index contributed by atoms with van der Waals surface area (Å²) in [5, 5.41) is 85.7. The van der Waals surface area contributed by atoms with Crippen LogP contribution < -0.4 is 5.32 Å². The molecule has 1 amide bonds. The average Bonchev–Trinajstić information content (AvgIpc) is 3.20. The van der Waals surface area contributed by atoms with Crippen LogP contribution in [0.2, 0.25) is 0 Å². The lowest BCUT2D eigenvalue weighted by atomic mass is 9.97. The number of aliphatic hydroxyl groups excluding tert-OH is 8. The molecule has 0 aromatic heterocycles. The maximum Gasteiger partial charge on any atom is 0.220 e. The van der Waals surface area contributed by atoms with E-state index in [0.29, 0.717) is 12.8 Å². The first kappa shape index (κ1) is 52.1. The Labute approximate surface area is 343 Å². The van der Waals surface area contributed by atoms with Crippen molar-refractivity contribution in [3.05, 3.63) is 0 Å². The molecule has 2 heterocycles. The summed E-state index contributed by atoms with van der Waals surface area (Å²) in [6.45, 7) is 2.49. The second kappa shape index (κ2) is 31.8. The van der Waals surface area contributed by atoms with Gasteiger partial charge in [-0.25, -0.2) is 0 Å². The summed E-state index contributed by atoms with van der Waals surface area (Å²) in [7, 11) is 0. The van der Waals surface area contributed by atoms with Gasteiger partial charge in [0.05, 0.1) is 32.0 Å². The minimum Gasteiger partial charge on any atom is -0.394 e. The summed E-state index contributed by atoms with van der Waals surface area (Å²) in [6.07, 6.45) is 13.1.